The number of alkyl halides is 1. The number of halogens is 2. The van der Waals surface area contributed by atoms with Crippen LogP contribution in [-0.4, -0.2) is 17.1 Å². The quantitative estimate of drug-likeness (QED) is 0.345. The van der Waals surface area contributed by atoms with Crippen molar-refractivity contribution in [1.29, 1.82) is 0 Å². The summed E-state index contributed by atoms with van der Waals surface area (Å²) in [6.45, 7) is 3.46. The van der Waals surface area contributed by atoms with Crippen LogP contribution >= 0.6 is 34.2 Å². The smallest absolute Gasteiger partial charge is 0.0809 e. The summed E-state index contributed by atoms with van der Waals surface area (Å²) in [7, 11) is 0. The summed E-state index contributed by atoms with van der Waals surface area (Å²) in [5.74, 6) is 1.54. The molecule has 3 heteroatoms. The van der Waals surface area contributed by atoms with Crippen LogP contribution in [0.3, 0.4) is 0 Å². The van der Waals surface area contributed by atoms with Crippen LogP contribution in [-0.2, 0) is 4.74 Å². The van der Waals surface area contributed by atoms with Gasteiger partial charge < -0.3 is 4.74 Å². The number of fused-ring (bicyclic) bond motifs is 2. The maximum Gasteiger partial charge on any atom is 0.0809 e. The van der Waals surface area contributed by atoms with Gasteiger partial charge in [-0.25, -0.2) is 0 Å². The zero-order chi connectivity index (χ0) is 15.2. The first-order valence-corrected chi connectivity index (χ1v) is 10.6. The molecule has 4 fully saturated rings. The van der Waals surface area contributed by atoms with Gasteiger partial charge in [0.15, 0.2) is 0 Å². The second-order valence-electron chi connectivity index (χ2n) is 8.89. The number of ether oxygens (including phenoxy) is 1. The van der Waals surface area contributed by atoms with Crippen molar-refractivity contribution < 1.29 is 4.74 Å². The van der Waals surface area contributed by atoms with Gasteiger partial charge in [-0.05, 0) is 83.0 Å². The van der Waals surface area contributed by atoms with Crippen LogP contribution in [0.15, 0.2) is 9.66 Å². The highest BCUT2D eigenvalue weighted by Gasteiger charge is 2.77. The molecular formula is C19H26ClIO. The molecule has 0 aromatic rings. The molecule has 6 atom stereocenters. The number of hydrogen-bond donors (Lipinski definition) is 0. The average Bonchev–Trinajstić information content (AvgIpc) is 2.79. The minimum absolute atomic E-state index is 0.0485. The maximum atomic E-state index is 7.29. The summed E-state index contributed by atoms with van der Waals surface area (Å²) in [5.41, 5.74) is 0.863. The zero-order valence-electron chi connectivity index (χ0n) is 13.5. The van der Waals surface area contributed by atoms with Crippen LogP contribution in [0.25, 0.3) is 0 Å². The molecule has 1 nitrogen and oxygen atoms in total. The van der Waals surface area contributed by atoms with Crippen LogP contribution < -0.4 is 0 Å². The summed E-state index contributed by atoms with van der Waals surface area (Å²) >= 11 is 9.90. The molecule has 5 rings (SSSR count). The average molecular weight is 433 g/mol. The van der Waals surface area contributed by atoms with E-state index in [2.05, 4.69) is 35.6 Å². The Bertz CT molecular complexity index is 562. The fraction of sp³-hybridized carbons (Fsp3) is 0.895. The molecule has 4 aliphatic carbocycles. The first kappa shape index (κ1) is 15.0. The second kappa shape index (κ2) is 4.46. The summed E-state index contributed by atoms with van der Waals surface area (Å²) in [5, 5.41) is 0. The second-order valence-corrected chi connectivity index (χ2v) is 10.8. The van der Waals surface area contributed by atoms with Crippen molar-refractivity contribution in [1.82, 2.24) is 0 Å². The summed E-state index contributed by atoms with van der Waals surface area (Å²) in [6.07, 6.45) is 14.1. The first-order chi connectivity index (χ1) is 10.5. The number of rotatable bonds is 0. The molecule has 0 aromatic carbocycles. The van der Waals surface area contributed by atoms with E-state index in [4.69, 9.17) is 16.3 Å². The molecule has 5 aliphatic rings. The fourth-order valence-corrected chi connectivity index (χ4v) is 8.72. The maximum absolute atomic E-state index is 7.29. The van der Waals surface area contributed by atoms with E-state index in [1.165, 1.54) is 57.8 Å². The molecule has 0 aromatic heterocycles. The van der Waals surface area contributed by atoms with Crippen molar-refractivity contribution in [2.45, 2.75) is 75.2 Å². The van der Waals surface area contributed by atoms with Gasteiger partial charge in [-0.2, -0.15) is 0 Å². The highest BCUT2D eigenvalue weighted by atomic mass is 127. The minimum Gasteiger partial charge on any atom is -0.373 e. The van der Waals surface area contributed by atoms with Gasteiger partial charge in [0, 0.05) is 10.8 Å². The van der Waals surface area contributed by atoms with Gasteiger partial charge in [-0.3, -0.25) is 0 Å². The molecule has 3 saturated carbocycles. The predicted molar refractivity (Wildman–Crippen MR) is 98.4 cm³/mol. The lowest BCUT2D eigenvalue weighted by Crippen LogP contribution is -2.79. The highest BCUT2D eigenvalue weighted by Crippen LogP contribution is 2.75. The van der Waals surface area contributed by atoms with Crippen LogP contribution in [0.4, 0.5) is 0 Å². The molecule has 0 N–H and O–H groups in total. The van der Waals surface area contributed by atoms with Crippen LogP contribution in [0.5, 0.6) is 0 Å². The lowest BCUT2D eigenvalue weighted by molar-refractivity contribution is -0.355. The standard InChI is InChI=1S/C19H26ClIO/c1-16-10-11-19-14(13(16)4-5-15(16)21)6-9-18(20)8-3-2-7-17(18,19)12-22-19/h5,13-14H,2-4,6-12H2,1H3/t13-,14-,16-,17+,18+,19+/m0/s1. The zero-order valence-corrected chi connectivity index (χ0v) is 16.4. The molecule has 122 valence electrons. The van der Waals surface area contributed by atoms with E-state index in [-0.39, 0.29) is 10.5 Å². The van der Waals surface area contributed by atoms with Crippen molar-refractivity contribution in [2.24, 2.45) is 22.7 Å². The van der Waals surface area contributed by atoms with Gasteiger partial charge in [0.1, 0.15) is 0 Å². The van der Waals surface area contributed by atoms with Crippen LogP contribution in [0.1, 0.15) is 64.7 Å². The van der Waals surface area contributed by atoms with Gasteiger partial charge in [0.2, 0.25) is 0 Å². The van der Waals surface area contributed by atoms with E-state index in [9.17, 15) is 0 Å². The Morgan fingerprint density at radius 1 is 1.14 bits per heavy atom. The molecule has 0 bridgehead atoms. The normalized spacial score (nSPS) is 59.5. The topological polar surface area (TPSA) is 9.23 Å². The molecule has 0 amide bonds. The van der Waals surface area contributed by atoms with Gasteiger partial charge in [-0.1, -0.05) is 25.8 Å². The van der Waals surface area contributed by atoms with E-state index in [0.29, 0.717) is 10.8 Å². The van der Waals surface area contributed by atoms with E-state index in [1.807, 2.05) is 0 Å². The van der Waals surface area contributed by atoms with E-state index in [1.54, 1.807) is 3.58 Å². The molecular weight excluding hydrogens is 407 g/mol. The molecule has 0 radical (unpaired) electrons. The van der Waals surface area contributed by atoms with Crippen molar-refractivity contribution in [2.75, 3.05) is 6.61 Å². The Labute approximate surface area is 152 Å². The van der Waals surface area contributed by atoms with Crippen LogP contribution in [0, 0.1) is 22.7 Å². The summed E-state index contributed by atoms with van der Waals surface area (Å²) in [6, 6.07) is 0. The molecule has 2 spiro atoms. The Morgan fingerprint density at radius 2 is 1.95 bits per heavy atom. The molecule has 1 aliphatic heterocycles. The first-order valence-electron chi connectivity index (χ1n) is 9.17. The van der Waals surface area contributed by atoms with Crippen molar-refractivity contribution in [3.05, 3.63) is 9.66 Å². The Kier molecular flexibility index (Phi) is 3.04. The van der Waals surface area contributed by atoms with Crippen LogP contribution in [0.2, 0.25) is 0 Å². The van der Waals surface area contributed by atoms with Crippen molar-refractivity contribution >= 4 is 34.2 Å². The van der Waals surface area contributed by atoms with E-state index >= 15 is 0 Å². The van der Waals surface area contributed by atoms with Gasteiger partial charge in [-0.15, -0.1) is 11.6 Å². The van der Waals surface area contributed by atoms with Gasteiger partial charge in [0.25, 0.3) is 0 Å². The summed E-state index contributed by atoms with van der Waals surface area (Å²) < 4.78 is 8.15. The third-order valence-electron chi connectivity index (χ3n) is 8.54. The highest BCUT2D eigenvalue weighted by molar-refractivity contribution is 14.1. The predicted octanol–water partition coefficient (Wildman–Crippen LogP) is 5.84. The minimum atomic E-state index is 0.0485. The largest absolute Gasteiger partial charge is 0.373 e. The number of hydrogen-bond acceptors (Lipinski definition) is 1. The molecule has 0 unspecified atom stereocenters. The Morgan fingerprint density at radius 3 is 2.73 bits per heavy atom. The Hall–Kier alpha value is 0.720. The van der Waals surface area contributed by atoms with E-state index in [0.717, 1.165) is 18.4 Å². The van der Waals surface area contributed by atoms with Gasteiger partial charge >= 0.3 is 0 Å². The SMILES string of the molecule is C[C@]12CC[C@]34OC[C@@]35CCCC[C@@]5(Cl)CC[C@H]4[C@@H]1CC=C2I. The number of allylic oxidation sites excluding steroid dienone is 2. The van der Waals surface area contributed by atoms with Crippen molar-refractivity contribution in [3.63, 3.8) is 0 Å². The lowest BCUT2D eigenvalue weighted by atomic mass is 9.40. The Balaban J connectivity index is 1.58. The van der Waals surface area contributed by atoms with Crippen molar-refractivity contribution in [3.8, 4) is 0 Å². The molecule has 22 heavy (non-hydrogen) atoms. The molecule has 1 saturated heterocycles. The lowest BCUT2D eigenvalue weighted by Gasteiger charge is -2.75. The van der Waals surface area contributed by atoms with Gasteiger partial charge in [0.05, 0.1) is 17.1 Å². The third kappa shape index (κ3) is 1.44. The monoisotopic (exact) mass is 432 g/mol. The fourth-order valence-electron chi connectivity index (χ4n) is 7.25. The molecule has 1 heterocycles. The summed E-state index contributed by atoms with van der Waals surface area (Å²) in [4.78, 5) is 0.0485. The van der Waals surface area contributed by atoms with E-state index < -0.39 is 0 Å². The third-order valence-corrected chi connectivity index (χ3v) is 10.9.